The van der Waals surface area contributed by atoms with Crippen molar-refractivity contribution in [1.82, 2.24) is 19.9 Å². The van der Waals surface area contributed by atoms with E-state index in [2.05, 4.69) is 20.4 Å². The summed E-state index contributed by atoms with van der Waals surface area (Å²) in [5, 5.41) is 20.0. The maximum absolute atomic E-state index is 13.0. The van der Waals surface area contributed by atoms with E-state index in [1.807, 2.05) is 17.5 Å². The molecule has 0 spiro atoms. The van der Waals surface area contributed by atoms with Crippen LogP contribution >= 0.6 is 11.3 Å². The molecule has 3 aromatic rings. The molecule has 0 radical (unpaired) electrons. The number of thiophene rings is 1. The molecule has 0 unspecified atom stereocenters. The van der Waals surface area contributed by atoms with Crippen LogP contribution in [0, 0.1) is 10.1 Å². The molecule has 1 fully saturated rings. The Labute approximate surface area is 176 Å². The summed E-state index contributed by atoms with van der Waals surface area (Å²) in [6.07, 6.45) is 0. The van der Waals surface area contributed by atoms with E-state index in [0.29, 0.717) is 55.7 Å². The monoisotopic (exact) mass is 428 g/mol. The molecule has 1 saturated heterocycles. The van der Waals surface area contributed by atoms with Crippen molar-refractivity contribution < 1.29 is 14.2 Å². The average molecular weight is 428 g/mol. The Kier molecular flexibility index (Phi) is 5.72. The number of rotatable bonds is 6. The van der Waals surface area contributed by atoms with E-state index in [1.165, 1.54) is 12.1 Å². The molecule has 1 amide bonds. The molecule has 0 atom stereocenters. The van der Waals surface area contributed by atoms with Crippen LogP contribution in [0.25, 0.3) is 10.7 Å². The number of hydrogen-bond donors (Lipinski definition) is 1. The Balaban J connectivity index is 1.38. The Bertz CT molecular complexity index is 1040. The molecule has 1 aliphatic heterocycles. The topological polar surface area (TPSA) is 118 Å². The van der Waals surface area contributed by atoms with Crippen LogP contribution in [0.2, 0.25) is 0 Å². The molecule has 1 aromatic carbocycles. The number of benzene rings is 1. The number of amides is 1. The van der Waals surface area contributed by atoms with E-state index < -0.39 is 4.92 Å². The van der Waals surface area contributed by atoms with Crippen LogP contribution in [-0.2, 0) is 6.54 Å². The number of anilines is 1. The van der Waals surface area contributed by atoms with Gasteiger partial charge in [0.25, 0.3) is 11.6 Å². The molecule has 30 heavy (non-hydrogen) atoms. The first-order valence-electron chi connectivity index (χ1n) is 9.39. The summed E-state index contributed by atoms with van der Waals surface area (Å²) >= 11 is 1.55. The highest BCUT2D eigenvalue weighted by atomic mass is 32.1. The van der Waals surface area contributed by atoms with Gasteiger partial charge >= 0.3 is 0 Å². The fraction of sp³-hybridized carbons (Fsp3) is 0.316. The van der Waals surface area contributed by atoms with Gasteiger partial charge in [-0.3, -0.25) is 19.8 Å². The minimum absolute atomic E-state index is 0.103. The molecule has 1 aliphatic rings. The number of piperazine rings is 1. The smallest absolute Gasteiger partial charge is 0.270 e. The maximum atomic E-state index is 13.0. The van der Waals surface area contributed by atoms with Crippen LogP contribution in [-0.4, -0.2) is 64.0 Å². The van der Waals surface area contributed by atoms with Gasteiger partial charge in [-0.1, -0.05) is 11.2 Å². The van der Waals surface area contributed by atoms with Crippen molar-refractivity contribution in [3.8, 4) is 10.7 Å². The SMILES string of the molecule is CNc1ccc([N+](=O)[O-])cc1C(=O)N1CCN(Cc2nc(-c3cccs3)no2)CC1. The van der Waals surface area contributed by atoms with Gasteiger partial charge in [0.2, 0.25) is 11.7 Å². The Morgan fingerprint density at radius 1 is 1.30 bits per heavy atom. The van der Waals surface area contributed by atoms with Crippen LogP contribution in [0.1, 0.15) is 16.2 Å². The number of nitro benzene ring substituents is 1. The molecule has 11 heteroatoms. The number of carbonyl (C=O) groups excluding carboxylic acids is 1. The third kappa shape index (κ3) is 4.16. The molecular formula is C19H20N6O4S. The van der Waals surface area contributed by atoms with Crippen molar-refractivity contribution in [1.29, 1.82) is 0 Å². The lowest BCUT2D eigenvalue weighted by Crippen LogP contribution is -2.48. The minimum atomic E-state index is -0.497. The van der Waals surface area contributed by atoms with E-state index in [0.717, 1.165) is 4.88 Å². The van der Waals surface area contributed by atoms with Crippen molar-refractivity contribution in [2.75, 3.05) is 38.5 Å². The Hall–Kier alpha value is -3.31. The molecule has 0 saturated carbocycles. The van der Waals surface area contributed by atoms with Crippen molar-refractivity contribution in [3.05, 3.63) is 57.3 Å². The third-order valence-electron chi connectivity index (χ3n) is 4.94. The number of nitrogens with one attached hydrogen (secondary N) is 1. The lowest BCUT2D eigenvalue weighted by atomic mass is 10.1. The van der Waals surface area contributed by atoms with Crippen LogP contribution in [0.5, 0.6) is 0 Å². The van der Waals surface area contributed by atoms with Gasteiger partial charge < -0.3 is 14.7 Å². The standard InChI is InChI=1S/C19H20N6O4S/c1-20-15-5-4-13(25(27)28)11-14(15)19(26)24-8-6-23(7-9-24)12-17-21-18(22-29-17)16-3-2-10-30-16/h2-5,10-11,20H,6-9,12H2,1H3. The van der Waals surface area contributed by atoms with E-state index >= 15 is 0 Å². The largest absolute Gasteiger partial charge is 0.387 e. The normalized spacial score (nSPS) is 14.6. The van der Waals surface area contributed by atoms with Gasteiger partial charge in [0.05, 0.1) is 21.9 Å². The first kappa shape index (κ1) is 20.0. The highest BCUT2D eigenvalue weighted by Gasteiger charge is 2.26. The highest BCUT2D eigenvalue weighted by molar-refractivity contribution is 7.13. The molecule has 1 N–H and O–H groups in total. The molecule has 3 heterocycles. The first-order chi connectivity index (χ1) is 14.5. The summed E-state index contributed by atoms with van der Waals surface area (Å²) in [7, 11) is 1.69. The van der Waals surface area contributed by atoms with Gasteiger partial charge in [-0.25, -0.2) is 0 Å². The van der Waals surface area contributed by atoms with E-state index in [1.54, 1.807) is 29.4 Å². The lowest BCUT2D eigenvalue weighted by molar-refractivity contribution is -0.384. The van der Waals surface area contributed by atoms with Crippen molar-refractivity contribution in [2.24, 2.45) is 0 Å². The summed E-state index contributed by atoms with van der Waals surface area (Å²) in [5.74, 6) is 0.897. The van der Waals surface area contributed by atoms with Gasteiger partial charge in [0.1, 0.15) is 0 Å². The number of aromatic nitrogens is 2. The summed E-state index contributed by atoms with van der Waals surface area (Å²) in [6.45, 7) is 2.82. The van der Waals surface area contributed by atoms with Gasteiger partial charge in [-0.05, 0) is 17.5 Å². The Morgan fingerprint density at radius 3 is 2.77 bits per heavy atom. The molecular weight excluding hydrogens is 408 g/mol. The molecule has 4 rings (SSSR count). The predicted molar refractivity (Wildman–Crippen MR) is 111 cm³/mol. The van der Waals surface area contributed by atoms with Crippen LogP contribution < -0.4 is 5.32 Å². The van der Waals surface area contributed by atoms with Crippen LogP contribution in [0.4, 0.5) is 11.4 Å². The second-order valence-corrected chi connectivity index (χ2v) is 7.74. The Morgan fingerprint density at radius 2 is 2.10 bits per heavy atom. The van der Waals surface area contributed by atoms with Crippen molar-refractivity contribution >= 4 is 28.6 Å². The number of non-ortho nitro benzene ring substituents is 1. The summed E-state index contributed by atoms with van der Waals surface area (Å²) in [6, 6.07) is 8.15. The quantitative estimate of drug-likeness (QED) is 0.470. The minimum Gasteiger partial charge on any atom is -0.387 e. The second kappa shape index (κ2) is 8.59. The highest BCUT2D eigenvalue weighted by Crippen LogP contribution is 2.24. The van der Waals surface area contributed by atoms with Gasteiger partial charge in [-0.15, -0.1) is 11.3 Å². The summed E-state index contributed by atoms with van der Waals surface area (Å²) in [5.41, 5.74) is 0.770. The zero-order valence-corrected chi connectivity index (χ0v) is 17.1. The van der Waals surface area contributed by atoms with E-state index in [9.17, 15) is 14.9 Å². The van der Waals surface area contributed by atoms with E-state index in [-0.39, 0.29) is 11.6 Å². The number of hydrogen-bond acceptors (Lipinski definition) is 9. The molecule has 10 nitrogen and oxygen atoms in total. The second-order valence-electron chi connectivity index (χ2n) is 6.79. The first-order valence-corrected chi connectivity index (χ1v) is 10.3. The molecule has 0 bridgehead atoms. The molecule has 0 aliphatic carbocycles. The van der Waals surface area contributed by atoms with Crippen molar-refractivity contribution in [2.45, 2.75) is 6.54 Å². The fourth-order valence-corrected chi connectivity index (χ4v) is 3.99. The lowest BCUT2D eigenvalue weighted by Gasteiger charge is -2.34. The summed E-state index contributed by atoms with van der Waals surface area (Å²) < 4.78 is 5.35. The maximum Gasteiger partial charge on any atom is 0.270 e. The van der Waals surface area contributed by atoms with Gasteiger partial charge in [-0.2, -0.15) is 4.98 Å². The summed E-state index contributed by atoms with van der Waals surface area (Å²) in [4.78, 5) is 32.8. The molecule has 2 aromatic heterocycles. The number of carbonyl (C=O) groups is 1. The number of nitro groups is 1. The molecule has 156 valence electrons. The van der Waals surface area contributed by atoms with Crippen molar-refractivity contribution in [3.63, 3.8) is 0 Å². The van der Waals surface area contributed by atoms with Gasteiger partial charge in [0.15, 0.2) is 0 Å². The zero-order valence-electron chi connectivity index (χ0n) is 16.3. The van der Waals surface area contributed by atoms with Gasteiger partial charge in [0, 0.05) is 51.0 Å². The van der Waals surface area contributed by atoms with Crippen LogP contribution in [0.15, 0.2) is 40.2 Å². The third-order valence-corrected chi connectivity index (χ3v) is 5.81. The fourth-order valence-electron chi connectivity index (χ4n) is 3.34. The van der Waals surface area contributed by atoms with Crippen LogP contribution in [0.3, 0.4) is 0 Å². The predicted octanol–water partition coefficient (Wildman–Crippen LogP) is 2.71. The number of nitrogens with zero attached hydrogens (tertiary/aromatic N) is 5. The van der Waals surface area contributed by atoms with E-state index in [4.69, 9.17) is 4.52 Å². The zero-order chi connectivity index (χ0) is 21.1. The average Bonchev–Trinajstić information content (AvgIpc) is 3.45.